The van der Waals surface area contributed by atoms with E-state index in [1.807, 2.05) is 0 Å². The molecule has 1 fully saturated rings. The first kappa shape index (κ1) is 13.6. The van der Waals surface area contributed by atoms with Crippen molar-refractivity contribution in [2.75, 3.05) is 0 Å². The lowest BCUT2D eigenvalue weighted by molar-refractivity contribution is 0.261. The van der Waals surface area contributed by atoms with Gasteiger partial charge in [-0.05, 0) is 57.4 Å². The molecule has 1 heteroatoms. The predicted molar refractivity (Wildman–Crippen MR) is 78.9 cm³/mol. The first-order valence-electron chi connectivity index (χ1n) is 7.43. The summed E-state index contributed by atoms with van der Waals surface area (Å²) in [7, 11) is 0. The van der Waals surface area contributed by atoms with Gasteiger partial charge in [-0.2, -0.15) is 0 Å². The highest BCUT2D eigenvalue weighted by Crippen LogP contribution is 2.33. The van der Waals surface area contributed by atoms with E-state index in [0.717, 1.165) is 12.0 Å². The molecule has 0 amide bonds. The molecular weight excluding hydrogens is 218 g/mol. The number of benzene rings is 1. The number of rotatable bonds is 4. The van der Waals surface area contributed by atoms with Crippen molar-refractivity contribution in [2.24, 2.45) is 0 Å². The van der Waals surface area contributed by atoms with Crippen molar-refractivity contribution in [2.45, 2.75) is 70.4 Å². The van der Waals surface area contributed by atoms with Crippen LogP contribution in [0.3, 0.4) is 0 Å². The molecule has 1 saturated carbocycles. The molecule has 0 aromatic heterocycles. The Bertz CT molecular complexity index is 347. The summed E-state index contributed by atoms with van der Waals surface area (Å²) >= 11 is 0. The highest BCUT2D eigenvalue weighted by atomic mass is 15.0. The highest BCUT2D eigenvalue weighted by Gasteiger charge is 2.26. The SMILES string of the molecule is CCC(C)(C)NC1CCC(c2ccccc2)CC1. The topological polar surface area (TPSA) is 12.0 Å². The van der Waals surface area contributed by atoms with Crippen LogP contribution in [0.5, 0.6) is 0 Å². The van der Waals surface area contributed by atoms with Gasteiger partial charge in [-0.25, -0.2) is 0 Å². The monoisotopic (exact) mass is 245 g/mol. The van der Waals surface area contributed by atoms with Gasteiger partial charge in [0.25, 0.3) is 0 Å². The molecule has 1 aromatic carbocycles. The largest absolute Gasteiger partial charge is 0.309 e. The second kappa shape index (κ2) is 5.88. The minimum atomic E-state index is 0.296. The Kier molecular flexibility index (Phi) is 4.45. The zero-order valence-electron chi connectivity index (χ0n) is 12.1. The molecule has 1 aromatic rings. The van der Waals surface area contributed by atoms with Crippen molar-refractivity contribution in [3.8, 4) is 0 Å². The van der Waals surface area contributed by atoms with Gasteiger partial charge in [0.2, 0.25) is 0 Å². The molecule has 18 heavy (non-hydrogen) atoms. The average Bonchev–Trinajstić information content (AvgIpc) is 2.40. The van der Waals surface area contributed by atoms with Gasteiger partial charge in [-0.1, -0.05) is 37.3 Å². The average molecular weight is 245 g/mol. The van der Waals surface area contributed by atoms with Crippen LogP contribution in [-0.2, 0) is 0 Å². The van der Waals surface area contributed by atoms with Crippen molar-refractivity contribution in [3.63, 3.8) is 0 Å². The Labute approximate surface area is 112 Å². The van der Waals surface area contributed by atoms with Crippen LogP contribution in [0.25, 0.3) is 0 Å². The Morgan fingerprint density at radius 2 is 1.67 bits per heavy atom. The van der Waals surface area contributed by atoms with Crippen LogP contribution in [0.1, 0.15) is 64.4 Å². The van der Waals surface area contributed by atoms with E-state index in [1.54, 1.807) is 0 Å². The molecule has 0 bridgehead atoms. The molecule has 1 aliphatic carbocycles. The van der Waals surface area contributed by atoms with E-state index in [2.05, 4.69) is 56.4 Å². The normalized spacial score (nSPS) is 25.1. The van der Waals surface area contributed by atoms with E-state index in [-0.39, 0.29) is 0 Å². The van der Waals surface area contributed by atoms with E-state index >= 15 is 0 Å². The lowest BCUT2D eigenvalue weighted by atomic mass is 9.81. The van der Waals surface area contributed by atoms with Gasteiger partial charge >= 0.3 is 0 Å². The molecule has 2 rings (SSSR count). The van der Waals surface area contributed by atoms with Crippen LogP contribution in [-0.4, -0.2) is 11.6 Å². The van der Waals surface area contributed by atoms with Crippen LogP contribution in [0.4, 0.5) is 0 Å². The summed E-state index contributed by atoms with van der Waals surface area (Å²) in [5.41, 5.74) is 1.83. The van der Waals surface area contributed by atoms with E-state index in [1.165, 1.54) is 37.7 Å². The van der Waals surface area contributed by atoms with E-state index in [9.17, 15) is 0 Å². The maximum atomic E-state index is 3.82. The Hall–Kier alpha value is -0.820. The van der Waals surface area contributed by atoms with Crippen LogP contribution in [0, 0.1) is 0 Å². The molecule has 0 saturated heterocycles. The second-order valence-corrected chi connectivity index (χ2v) is 6.34. The van der Waals surface area contributed by atoms with Gasteiger partial charge in [0, 0.05) is 11.6 Å². The molecule has 0 heterocycles. The molecule has 0 aliphatic heterocycles. The lowest BCUT2D eigenvalue weighted by Gasteiger charge is -2.35. The molecule has 0 atom stereocenters. The molecule has 0 spiro atoms. The number of hydrogen-bond acceptors (Lipinski definition) is 1. The lowest BCUT2D eigenvalue weighted by Crippen LogP contribution is -2.46. The van der Waals surface area contributed by atoms with Gasteiger partial charge < -0.3 is 5.32 Å². The molecule has 0 radical (unpaired) electrons. The van der Waals surface area contributed by atoms with Crippen LogP contribution in [0.2, 0.25) is 0 Å². The molecule has 0 unspecified atom stereocenters. The number of hydrogen-bond donors (Lipinski definition) is 1. The van der Waals surface area contributed by atoms with Gasteiger partial charge in [0.15, 0.2) is 0 Å². The second-order valence-electron chi connectivity index (χ2n) is 6.34. The van der Waals surface area contributed by atoms with E-state index in [4.69, 9.17) is 0 Å². The summed E-state index contributed by atoms with van der Waals surface area (Å²) in [5.74, 6) is 0.786. The molecule has 1 nitrogen and oxygen atoms in total. The van der Waals surface area contributed by atoms with E-state index in [0.29, 0.717) is 5.54 Å². The van der Waals surface area contributed by atoms with Crippen molar-refractivity contribution < 1.29 is 0 Å². The van der Waals surface area contributed by atoms with Gasteiger partial charge in [0.1, 0.15) is 0 Å². The van der Waals surface area contributed by atoms with Crippen LogP contribution >= 0.6 is 0 Å². The zero-order valence-corrected chi connectivity index (χ0v) is 12.1. The minimum absolute atomic E-state index is 0.296. The summed E-state index contributed by atoms with van der Waals surface area (Å²) in [5, 5.41) is 3.82. The summed E-state index contributed by atoms with van der Waals surface area (Å²) < 4.78 is 0. The smallest absolute Gasteiger partial charge is 0.0125 e. The van der Waals surface area contributed by atoms with Crippen molar-refractivity contribution in [3.05, 3.63) is 35.9 Å². The van der Waals surface area contributed by atoms with E-state index < -0.39 is 0 Å². The Balaban J connectivity index is 1.85. The Morgan fingerprint density at radius 1 is 1.06 bits per heavy atom. The maximum absolute atomic E-state index is 3.82. The summed E-state index contributed by atoms with van der Waals surface area (Å²) in [4.78, 5) is 0. The molecule has 1 N–H and O–H groups in total. The van der Waals surface area contributed by atoms with Crippen LogP contribution < -0.4 is 5.32 Å². The predicted octanol–water partition coefficient (Wildman–Crippen LogP) is 4.49. The van der Waals surface area contributed by atoms with Crippen molar-refractivity contribution in [1.29, 1.82) is 0 Å². The van der Waals surface area contributed by atoms with Crippen molar-refractivity contribution in [1.82, 2.24) is 5.32 Å². The number of nitrogens with one attached hydrogen (secondary N) is 1. The quantitative estimate of drug-likeness (QED) is 0.824. The first-order valence-corrected chi connectivity index (χ1v) is 7.43. The molecular formula is C17H27N. The minimum Gasteiger partial charge on any atom is -0.309 e. The molecule has 100 valence electrons. The fourth-order valence-corrected chi connectivity index (χ4v) is 2.95. The highest BCUT2D eigenvalue weighted by molar-refractivity contribution is 5.20. The fraction of sp³-hybridized carbons (Fsp3) is 0.647. The summed E-state index contributed by atoms with van der Waals surface area (Å²) in [6, 6.07) is 11.7. The third-order valence-electron chi connectivity index (χ3n) is 4.48. The summed E-state index contributed by atoms with van der Waals surface area (Å²) in [6.45, 7) is 6.90. The third-order valence-corrected chi connectivity index (χ3v) is 4.48. The zero-order chi connectivity index (χ0) is 13.0. The fourth-order valence-electron chi connectivity index (χ4n) is 2.95. The van der Waals surface area contributed by atoms with Gasteiger partial charge in [-0.15, -0.1) is 0 Å². The maximum Gasteiger partial charge on any atom is 0.0125 e. The third kappa shape index (κ3) is 3.58. The van der Waals surface area contributed by atoms with Crippen LogP contribution in [0.15, 0.2) is 30.3 Å². The molecule has 1 aliphatic rings. The van der Waals surface area contributed by atoms with Gasteiger partial charge in [0.05, 0.1) is 0 Å². The van der Waals surface area contributed by atoms with Crippen molar-refractivity contribution >= 4 is 0 Å². The Morgan fingerprint density at radius 3 is 2.22 bits per heavy atom. The summed E-state index contributed by atoms with van der Waals surface area (Å²) in [6.07, 6.45) is 6.51. The first-order chi connectivity index (χ1) is 8.61. The van der Waals surface area contributed by atoms with Gasteiger partial charge in [-0.3, -0.25) is 0 Å². The standard InChI is InChI=1S/C17H27N/c1-4-17(2,3)18-16-12-10-15(11-13-16)14-8-6-5-7-9-14/h5-9,15-16,18H,4,10-13H2,1-3H3.